The van der Waals surface area contributed by atoms with Crippen molar-refractivity contribution in [1.29, 1.82) is 0 Å². The van der Waals surface area contributed by atoms with E-state index in [0.29, 0.717) is 12.2 Å². The molecule has 3 heterocycles. The number of rotatable bonds is 7. The summed E-state index contributed by atoms with van der Waals surface area (Å²) in [6.07, 6.45) is 2.64. The van der Waals surface area contributed by atoms with Crippen molar-refractivity contribution < 1.29 is 22.9 Å². The van der Waals surface area contributed by atoms with Crippen LogP contribution in [0.3, 0.4) is 0 Å². The van der Waals surface area contributed by atoms with Gasteiger partial charge in [0.25, 0.3) is 0 Å². The predicted molar refractivity (Wildman–Crippen MR) is 103 cm³/mol. The second kappa shape index (κ2) is 8.39. The van der Waals surface area contributed by atoms with Gasteiger partial charge in [-0.3, -0.25) is 24.3 Å². The molecule has 0 aliphatic carbocycles. The van der Waals surface area contributed by atoms with Gasteiger partial charge in [-0.25, -0.2) is 8.42 Å². The van der Waals surface area contributed by atoms with Crippen molar-refractivity contribution in [3.8, 4) is 5.88 Å². The number of aromatic nitrogens is 4. The number of nitrogens with zero attached hydrogens (tertiary/aromatic N) is 7. The smallest absolute Gasteiger partial charge is 0.350 e. The van der Waals surface area contributed by atoms with E-state index in [1.165, 1.54) is 22.5 Å². The largest absolute Gasteiger partial charge is 0.475 e. The highest BCUT2D eigenvalue weighted by Gasteiger charge is 2.32. The number of sulfonamides is 1. The minimum absolute atomic E-state index is 0.146. The lowest BCUT2D eigenvalue weighted by atomic mass is 10.3. The van der Waals surface area contributed by atoms with Gasteiger partial charge in [0, 0.05) is 38.9 Å². The minimum atomic E-state index is -3.70. The lowest BCUT2D eigenvalue weighted by molar-refractivity contribution is -0.385. The quantitative estimate of drug-likeness (QED) is 0.426. The average Bonchev–Trinajstić information content (AvgIpc) is 3.31. The van der Waals surface area contributed by atoms with E-state index in [1.54, 1.807) is 11.6 Å². The molecule has 3 rings (SSSR count). The Morgan fingerprint density at radius 1 is 1.20 bits per heavy atom. The third-order valence-electron chi connectivity index (χ3n) is 4.83. The molecule has 0 atom stereocenters. The Morgan fingerprint density at radius 3 is 2.37 bits per heavy atom. The van der Waals surface area contributed by atoms with Crippen LogP contribution in [0.25, 0.3) is 0 Å². The first-order chi connectivity index (χ1) is 14.2. The van der Waals surface area contributed by atoms with Gasteiger partial charge >= 0.3 is 11.6 Å². The Bertz CT molecular complexity index is 1050. The van der Waals surface area contributed by atoms with Crippen molar-refractivity contribution in [3.63, 3.8) is 0 Å². The zero-order valence-electron chi connectivity index (χ0n) is 16.9. The predicted octanol–water partition coefficient (Wildman–Crippen LogP) is -0.142. The van der Waals surface area contributed by atoms with Gasteiger partial charge in [0.2, 0.25) is 15.9 Å². The maximum atomic E-state index is 12.9. The summed E-state index contributed by atoms with van der Waals surface area (Å²) in [6.45, 7) is 4.58. The number of amides is 1. The van der Waals surface area contributed by atoms with E-state index >= 15 is 0 Å². The average molecular weight is 441 g/mol. The van der Waals surface area contributed by atoms with Crippen molar-refractivity contribution >= 4 is 21.6 Å². The molecule has 13 nitrogen and oxygen atoms in total. The summed E-state index contributed by atoms with van der Waals surface area (Å²) in [7, 11) is -2.45. The van der Waals surface area contributed by atoms with Crippen LogP contribution in [0, 0.1) is 17.0 Å². The summed E-state index contributed by atoms with van der Waals surface area (Å²) in [5.41, 5.74) is 0.105. The lowest BCUT2D eigenvalue weighted by Gasteiger charge is -2.33. The van der Waals surface area contributed by atoms with Gasteiger partial charge in [0.05, 0.1) is 17.7 Å². The number of methoxy groups -OCH3 is 1. The number of piperazine rings is 1. The van der Waals surface area contributed by atoms with E-state index in [-0.39, 0.29) is 55.1 Å². The molecule has 2 aromatic rings. The highest BCUT2D eigenvalue weighted by Crippen LogP contribution is 2.24. The first-order valence-corrected chi connectivity index (χ1v) is 10.7. The molecule has 1 aliphatic rings. The summed E-state index contributed by atoms with van der Waals surface area (Å²) in [4.78, 5) is 24.6. The number of hydrogen-bond acceptors (Lipinski definition) is 8. The molecular weight excluding hydrogens is 418 g/mol. The van der Waals surface area contributed by atoms with Crippen molar-refractivity contribution in [3.05, 3.63) is 28.2 Å². The zero-order valence-corrected chi connectivity index (χ0v) is 17.7. The van der Waals surface area contributed by atoms with Crippen LogP contribution in [0.2, 0.25) is 0 Å². The molecule has 0 radical (unpaired) electrons. The molecular formula is C16H23N7O6S. The van der Waals surface area contributed by atoms with Gasteiger partial charge in [0.1, 0.15) is 17.6 Å². The molecule has 1 amide bonds. The molecule has 0 saturated carbocycles. The van der Waals surface area contributed by atoms with Crippen LogP contribution in [0.4, 0.5) is 5.69 Å². The van der Waals surface area contributed by atoms with Crippen LogP contribution >= 0.6 is 0 Å². The second-order valence-electron chi connectivity index (χ2n) is 6.70. The highest BCUT2D eigenvalue weighted by atomic mass is 32.2. The van der Waals surface area contributed by atoms with Gasteiger partial charge < -0.3 is 9.64 Å². The first-order valence-electron chi connectivity index (χ1n) is 9.25. The van der Waals surface area contributed by atoms with E-state index in [4.69, 9.17) is 4.74 Å². The summed E-state index contributed by atoms with van der Waals surface area (Å²) in [5.74, 6) is -0.492. The van der Waals surface area contributed by atoms with Crippen LogP contribution in [-0.2, 0) is 27.9 Å². The summed E-state index contributed by atoms with van der Waals surface area (Å²) in [6, 6.07) is 0. The lowest BCUT2D eigenvalue weighted by Crippen LogP contribution is -2.51. The number of ether oxygens (including phenoxy) is 1. The molecule has 1 saturated heterocycles. The molecule has 1 aliphatic heterocycles. The van der Waals surface area contributed by atoms with E-state index in [0.717, 1.165) is 10.9 Å². The molecule has 30 heavy (non-hydrogen) atoms. The standard InChI is InChI=1S/C16H23N7O6S/c1-4-20-10-14(12(2)17-20)30(27,28)22-7-5-19(6-8-22)15(24)11-21-9-13(23(25)26)16(18-21)29-3/h9-10H,4-8,11H2,1-3H3. The number of aryl methyl sites for hydroxylation is 2. The topological polar surface area (TPSA) is 146 Å². The molecule has 0 unspecified atom stereocenters. The van der Waals surface area contributed by atoms with E-state index < -0.39 is 14.9 Å². The number of hydrogen-bond donors (Lipinski definition) is 0. The maximum absolute atomic E-state index is 12.9. The normalized spacial score (nSPS) is 15.4. The molecule has 14 heteroatoms. The molecule has 0 spiro atoms. The van der Waals surface area contributed by atoms with Crippen LogP contribution < -0.4 is 4.74 Å². The van der Waals surface area contributed by atoms with Gasteiger partial charge in [-0.15, -0.1) is 5.10 Å². The molecule has 0 bridgehead atoms. The third kappa shape index (κ3) is 4.14. The van der Waals surface area contributed by atoms with Gasteiger partial charge in [-0.2, -0.15) is 9.40 Å². The van der Waals surface area contributed by atoms with Crippen LogP contribution in [-0.4, -0.2) is 81.3 Å². The minimum Gasteiger partial charge on any atom is -0.475 e. The Balaban J connectivity index is 1.64. The van der Waals surface area contributed by atoms with Crippen molar-refractivity contribution in [2.24, 2.45) is 0 Å². The van der Waals surface area contributed by atoms with E-state index in [9.17, 15) is 23.3 Å². The van der Waals surface area contributed by atoms with Crippen LogP contribution in [0.1, 0.15) is 12.6 Å². The SMILES string of the molecule is CCn1cc(S(=O)(=O)N2CCN(C(=O)Cn3cc([N+](=O)[O-])c(OC)n3)CC2)c(C)n1. The van der Waals surface area contributed by atoms with Gasteiger partial charge in [-0.05, 0) is 13.8 Å². The molecule has 164 valence electrons. The Labute approximate surface area is 173 Å². The summed E-state index contributed by atoms with van der Waals surface area (Å²) >= 11 is 0. The van der Waals surface area contributed by atoms with Crippen LogP contribution in [0.15, 0.2) is 17.3 Å². The van der Waals surface area contributed by atoms with E-state index in [2.05, 4.69) is 10.2 Å². The molecule has 2 aromatic heterocycles. The Hall–Kier alpha value is -3.00. The van der Waals surface area contributed by atoms with E-state index in [1.807, 2.05) is 6.92 Å². The summed E-state index contributed by atoms with van der Waals surface area (Å²) < 4.78 is 34.7. The zero-order chi connectivity index (χ0) is 22.1. The molecule has 1 fully saturated rings. The van der Waals surface area contributed by atoms with Gasteiger partial charge in [0.15, 0.2) is 0 Å². The van der Waals surface area contributed by atoms with Crippen LogP contribution in [0.5, 0.6) is 5.88 Å². The molecule has 0 N–H and O–H groups in total. The van der Waals surface area contributed by atoms with Crippen molar-refractivity contribution in [2.45, 2.75) is 31.8 Å². The first kappa shape index (κ1) is 21.7. The number of nitro groups is 1. The monoisotopic (exact) mass is 441 g/mol. The number of carbonyl (C=O) groups excluding carboxylic acids is 1. The van der Waals surface area contributed by atoms with Gasteiger partial charge in [-0.1, -0.05) is 0 Å². The van der Waals surface area contributed by atoms with Crippen molar-refractivity contribution in [2.75, 3.05) is 33.3 Å². The highest BCUT2D eigenvalue weighted by molar-refractivity contribution is 7.89. The fourth-order valence-electron chi connectivity index (χ4n) is 3.22. The molecule has 0 aromatic carbocycles. The summed E-state index contributed by atoms with van der Waals surface area (Å²) in [5, 5.41) is 19.1. The Kier molecular flexibility index (Phi) is 6.07. The third-order valence-corrected chi connectivity index (χ3v) is 6.83. The number of carbonyl (C=O) groups is 1. The maximum Gasteiger partial charge on any atom is 0.350 e. The Morgan fingerprint density at radius 2 is 1.87 bits per heavy atom. The fraction of sp³-hybridized carbons (Fsp3) is 0.562. The fourth-order valence-corrected chi connectivity index (χ4v) is 4.81. The second-order valence-corrected chi connectivity index (χ2v) is 8.60. The van der Waals surface area contributed by atoms with Crippen molar-refractivity contribution in [1.82, 2.24) is 28.8 Å².